The van der Waals surface area contributed by atoms with Gasteiger partial charge >= 0.3 is 12.1 Å². The number of rotatable bonds is 3. The molecule has 1 fully saturated rings. The highest BCUT2D eigenvalue weighted by Crippen LogP contribution is 2.48. The SMILES string of the molecule is O=C(O)c1cccc2nc(C(F)(F)F)n(C3(CO)CC3)c12. The van der Waals surface area contributed by atoms with E-state index in [1.165, 1.54) is 18.2 Å². The molecule has 1 aromatic carbocycles. The number of aromatic nitrogens is 2. The van der Waals surface area contributed by atoms with E-state index in [2.05, 4.69) is 4.98 Å². The number of halogens is 3. The maximum Gasteiger partial charge on any atom is 0.449 e. The molecule has 1 aliphatic carbocycles. The third kappa shape index (κ3) is 1.98. The standard InChI is InChI=1S/C13H11F3N2O3/c14-13(15,16)11-17-8-3-1-2-7(10(20)21)9(8)18(11)12(6-19)4-5-12/h1-3,19H,4-6H2,(H,20,21). The van der Waals surface area contributed by atoms with Crippen molar-refractivity contribution in [3.63, 3.8) is 0 Å². The fourth-order valence-electron chi connectivity index (χ4n) is 2.55. The fraction of sp³-hybridized carbons (Fsp3) is 0.385. The summed E-state index contributed by atoms with van der Waals surface area (Å²) in [6.07, 6.45) is -4.02. The monoisotopic (exact) mass is 300 g/mol. The summed E-state index contributed by atoms with van der Waals surface area (Å²) >= 11 is 0. The predicted octanol–water partition coefficient (Wildman–Crippen LogP) is 2.23. The number of aliphatic hydroxyl groups is 1. The number of carbonyl (C=O) groups is 1. The molecule has 8 heteroatoms. The second-order valence-electron chi connectivity index (χ2n) is 5.13. The summed E-state index contributed by atoms with van der Waals surface area (Å²) in [5.41, 5.74) is -1.49. The first-order chi connectivity index (χ1) is 9.80. The lowest BCUT2D eigenvalue weighted by Gasteiger charge is -2.20. The van der Waals surface area contributed by atoms with Gasteiger partial charge in [-0.2, -0.15) is 13.2 Å². The lowest BCUT2D eigenvalue weighted by molar-refractivity contribution is -0.148. The molecule has 112 valence electrons. The van der Waals surface area contributed by atoms with Crippen molar-refractivity contribution in [3.05, 3.63) is 29.6 Å². The number of fused-ring (bicyclic) bond motifs is 1. The van der Waals surface area contributed by atoms with Crippen LogP contribution in [0.1, 0.15) is 29.0 Å². The quantitative estimate of drug-likeness (QED) is 0.911. The Morgan fingerprint density at radius 2 is 2.05 bits per heavy atom. The van der Waals surface area contributed by atoms with Crippen LogP contribution in [-0.2, 0) is 11.7 Å². The topological polar surface area (TPSA) is 75.3 Å². The van der Waals surface area contributed by atoms with Gasteiger partial charge in [0.1, 0.15) is 0 Å². The number of alkyl halides is 3. The van der Waals surface area contributed by atoms with Gasteiger partial charge in [0, 0.05) is 0 Å². The van der Waals surface area contributed by atoms with E-state index in [4.69, 9.17) is 0 Å². The summed E-state index contributed by atoms with van der Waals surface area (Å²) < 4.78 is 40.5. The van der Waals surface area contributed by atoms with Crippen molar-refractivity contribution in [2.45, 2.75) is 24.6 Å². The summed E-state index contributed by atoms with van der Waals surface area (Å²) in [5, 5.41) is 18.6. The molecule has 0 amide bonds. The number of hydrogen-bond acceptors (Lipinski definition) is 3. The van der Waals surface area contributed by atoms with Crippen LogP contribution < -0.4 is 0 Å². The summed E-state index contributed by atoms with van der Waals surface area (Å²) in [4.78, 5) is 14.8. The number of imidazole rings is 1. The lowest BCUT2D eigenvalue weighted by Crippen LogP contribution is -2.28. The van der Waals surface area contributed by atoms with E-state index in [1.54, 1.807) is 0 Å². The number of hydrogen-bond donors (Lipinski definition) is 2. The molecule has 2 aromatic rings. The van der Waals surface area contributed by atoms with Gasteiger partial charge in [-0.25, -0.2) is 9.78 Å². The number of aliphatic hydroxyl groups excluding tert-OH is 1. The van der Waals surface area contributed by atoms with Crippen LogP contribution >= 0.6 is 0 Å². The van der Waals surface area contributed by atoms with Crippen LogP contribution in [0.25, 0.3) is 11.0 Å². The molecule has 0 bridgehead atoms. The summed E-state index contributed by atoms with van der Waals surface area (Å²) in [7, 11) is 0. The van der Waals surface area contributed by atoms with Gasteiger partial charge in [0.05, 0.1) is 28.7 Å². The zero-order chi connectivity index (χ0) is 15.4. The first-order valence-electron chi connectivity index (χ1n) is 6.23. The second kappa shape index (κ2) is 4.20. The zero-order valence-corrected chi connectivity index (χ0v) is 10.7. The average Bonchev–Trinajstić information content (AvgIpc) is 3.09. The van der Waals surface area contributed by atoms with E-state index in [9.17, 15) is 28.2 Å². The average molecular weight is 300 g/mol. The van der Waals surface area contributed by atoms with Crippen LogP contribution in [0, 0.1) is 0 Å². The Labute approximate surface area is 116 Å². The molecule has 0 atom stereocenters. The van der Waals surface area contributed by atoms with Crippen molar-refractivity contribution < 1.29 is 28.2 Å². The van der Waals surface area contributed by atoms with Crippen molar-refractivity contribution in [1.29, 1.82) is 0 Å². The summed E-state index contributed by atoms with van der Waals surface area (Å²) in [6.45, 7) is -0.491. The van der Waals surface area contributed by atoms with Gasteiger partial charge in [-0.3, -0.25) is 0 Å². The van der Waals surface area contributed by atoms with Gasteiger partial charge < -0.3 is 14.8 Å². The fourth-order valence-corrected chi connectivity index (χ4v) is 2.55. The van der Waals surface area contributed by atoms with Crippen LogP contribution in [0.5, 0.6) is 0 Å². The molecule has 0 radical (unpaired) electrons. The number of benzene rings is 1. The largest absolute Gasteiger partial charge is 0.478 e. The van der Waals surface area contributed by atoms with E-state index in [0.29, 0.717) is 12.8 Å². The zero-order valence-electron chi connectivity index (χ0n) is 10.7. The van der Waals surface area contributed by atoms with Crippen molar-refractivity contribution in [3.8, 4) is 0 Å². The molecule has 0 spiro atoms. The van der Waals surface area contributed by atoms with Crippen molar-refractivity contribution in [1.82, 2.24) is 9.55 Å². The molecular formula is C13H11F3N2O3. The third-order valence-electron chi connectivity index (χ3n) is 3.76. The van der Waals surface area contributed by atoms with Crippen LogP contribution in [0.2, 0.25) is 0 Å². The van der Waals surface area contributed by atoms with Gasteiger partial charge in [0.15, 0.2) is 0 Å². The molecule has 0 aliphatic heterocycles. The van der Waals surface area contributed by atoms with Crippen molar-refractivity contribution >= 4 is 17.0 Å². The Hall–Kier alpha value is -2.09. The highest BCUT2D eigenvalue weighted by atomic mass is 19.4. The molecule has 21 heavy (non-hydrogen) atoms. The Bertz CT molecular complexity index is 732. The number of carboxylic acid groups (broad SMARTS) is 1. The minimum Gasteiger partial charge on any atom is -0.478 e. The molecule has 5 nitrogen and oxygen atoms in total. The number of para-hydroxylation sites is 1. The molecule has 0 saturated heterocycles. The second-order valence-corrected chi connectivity index (χ2v) is 5.13. The van der Waals surface area contributed by atoms with Crippen molar-refractivity contribution in [2.75, 3.05) is 6.61 Å². The third-order valence-corrected chi connectivity index (χ3v) is 3.76. The van der Waals surface area contributed by atoms with E-state index < -0.39 is 30.1 Å². The Balaban J connectivity index is 2.42. The maximum absolute atomic E-state index is 13.2. The Morgan fingerprint density at radius 3 is 2.52 bits per heavy atom. The molecule has 1 aliphatic rings. The highest BCUT2D eigenvalue weighted by molar-refractivity contribution is 6.01. The van der Waals surface area contributed by atoms with Gasteiger partial charge in [-0.15, -0.1) is 0 Å². The number of carboxylic acids is 1. The van der Waals surface area contributed by atoms with Gasteiger partial charge in [-0.1, -0.05) is 6.07 Å². The molecule has 1 saturated carbocycles. The van der Waals surface area contributed by atoms with Gasteiger partial charge in [-0.05, 0) is 25.0 Å². The van der Waals surface area contributed by atoms with Crippen LogP contribution in [0.15, 0.2) is 18.2 Å². The minimum absolute atomic E-state index is 0.0399. The summed E-state index contributed by atoms with van der Waals surface area (Å²) in [6, 6.07) is 3.92. The van der Waals surface area contributed by atoms with E-state index >= 15 is 0 Å². The number of aromatic carboxylic acids is 1. The summed E-state index contributed by atoms with van der Waals surface area (Å²) in [5.74, 6) is -2.50. The molecule has 1 heterocycles. The highest BCUT2D eigenvalue weighted by Gasteiger charge is 2.51. The van der Waals surface area contributed by atoms with Crippen LogP contribution in [0.4, 0.5) is 13.2 Å². The van der Waals surface area contributed by atoms with E-state index in [0.717, 1.165) is 4.57 Å². The van der Waals surface area contributed by atoms with E-state index in [1.807, 2.05) is 0 Å². The smallest absolute Gasteiger partial charge is 0.449 e. The van der Waals surface area contributed by atoms with Gasteiger partial charge in [0.2, 0.25) is 5.82 Å². The Kier molecular flexibility index (Phi) is 2.78. The lowest BCUT2D eigenvalue weighted by atomic mass is 10.1. The van der Waals surface area contributed by atoms with Crippen LogP contribution in [-0.4, -0.2) is 32.3 Å². The molecular weight excluding hydrogens is 289 g/mol. The normalized spacial score (nSPS) is 17.1. The van der Waals surface area contributed by atoms with Crippen LogP contribution in [0.3, 0.4) is 0 Å². The van der Waals surface area contributed by atoms with Gasteiger partial charge in [0.25, 0.3) is 0 Å². The first-order valence-corrected chi connectivity index (χ1v) is 6.23. The molecule has 1 aromatic heterocycles. The maximum atomic E-state index is 13.2. The number of nitrogens with zero attached hydrogens (tertiary/aromatic N) is 2. The van der Waals surface area contributed by atoms with Crippen molar-refractivity contribution in [2.24, 2.45) is 0 Å². The first kappa shape index (κ1) is 13.9. The minimum atomic E-state index is -4.72. The molecule has 0 unspecified atom stereocenters. The van der Waals surface area contributed by atoms with E-state index in [-0.39, 0.29) is 16.6 Å². The Morgan fingerprint density at radius 1 is 1.38 bits per heavy atom. The predicted molar refractivity (Wildman–Crippen MR) is 66.0 cm³/mol. The molecule has 2 N–H and O–H groups in total. The molecule has 3 rings (SSSR count).